The van der Waals surface area contributed by atoms with Gasteiger partial charge in [0.25, 0.3) is 0 Å². The van der Waals surface area contributed by atoms with Gasteiger partial charge in [-0.3, -0.25) is 5.32 Å². The third-order valence-electron chi connectivity index (χ3n) is 3.67. The molecule has 0 aliphatic heterocycles. The van der Waals surface area contributed by atoms with Gasteiger partial charge in [0.1, 0.15) is 6.33 Å². The SMILES string of the molecule is Cc1cccc(Cn2cnc(NC(=S)Nc3ccccc3C(F)(F)F)n2)c1. The van der Waals surface area contributed by atoms with Gasteiger partial charge in [-0.05, 0) is 36.8 Å². The fourth-order valence-electron chi connectivity index (χ4n) is 2.52. The molecular weight excluding hydrogens is 375 g/mol. The number of hydrogen-bond acceptors (Lipinski definition) is 3. The van der Waals surface area contributed by atoms with Crippen molar-refractivity contribution in [2.24, 2.45) is 0 Å². The van der Waals surface area contributed by atoms with Crippen molar-refractivity contribution in [2.45, 2.75) is 19.6 Å². The van der Waals surface area contributed by atoms with Gasteiger partial charge in [0.05, 0.1) is 17.8 Å². The molecule has 3 aromatic rings. The first-order valence-electron chi connectivity index (χ1n) is 8.00. The van der Waals surface area contributed by atoms with Crippen molar-refractivity contribution in [1.29, 1.82) is 0 Å². The number of rotatable bonds is 4. The Morgan fingerprint density at radius 3 is 2.63 bits per heavy atom. The Balaban J connectivity index is 1.65. The summed E-state index contributed by atoms with van der Waals surface area (Å²) < 4.78 is 40.7. The highest BCUT2D eigenvalue weighted by molar-refractivity contribution is 7.80. The average molecular weight is 391 g/mol. The van der Waals surface area contributed by atoms with Gasteiger partial charge < -0.3 is 5.32 Å². The first-order valence-corrected chi connectivity index (χ1v) is 8.41. The summed E-state index contributed by atoms with van der Waals surface area (Å²) in [6.45, 7) is 2.52. The number of alkyl halides is 3. The summed E-state index contributed by atoms with van der Waals surface area (Å²) in [6.07, 6.45) is -2.95. The van der Waals surface area contributed by atoms with Gasteiger partial charge in [-0.15, -0.1) is 5.10 Å². The topological polar surface area (TPSA) is 54.8 Å². The molecule has 27 heavy (non-hydrogen) atoms. The summed E-state index contributed by atoms with van der Waals surface area (Å²) >= 11 is 5.08. The molecule has 0 aliphatic carbocycles. The largest absolute Gasteiger partial charge is 0.418 e. The molecule has 0 aliphatic rings. The minimum atomic E-state index is -4.48. The quantitative estimate of drug-likeness (QED) is 0.643. The van der Waals surface area contributed by atoms with Crippen molar-refractivity contribution in [2.75, 3.05) is 10.6 Å². The molecule has 2 N–H and O–H groups in total. The molecule has 2 aromatic carbocycles. The highest BCUT2D eigenvalue weighted by Crippen LogP contribution is 2.34. The van der Waals surface area contributed by atoms with Crippen LogP contribution < -0.4 is 10.6 Å². The lowest BCUT2D eigenvalue weighted by atomic mass is 10.1. The molecule has 3 rings (SSSR count). The molecule has 0 saturated carbocycles. The van der Waals surface area contributed by atoms with Crippen LogP contribution in [0.3, 0.4) is 0 Å². The summed E-state index contributed by atoms with van der Waals surface area (Å²) in [4.78, 5) is 4.08. The van der Waals surface area contributed by atoms with Crippen LogP contribution in [0.25, 0.3) is 0 Å². The van der Waals surface area contributed by atoms with E-state index in [1.165, 1.54) is 24.5 Å². The van der Waals surface area contributed by atoms with Crippen LogP contribution in [0.2, 0.25) is 0 Å². The molecule has 0 unspecified atom stereocenters. The minimum Gasteiger partial charge on any atom is -0.332 e. The fourth-order valence-corrected chi connectivity index (χ4v) is 2.72. The van der Waals surface area contributed by atoms with Crippen LogP contribution >= 0.6 is 12.2 Å². The molecule has 140 valence electrons. The van der Waals surface area contributed by atoms with Crippen molar-refractivity contribution in [1.82, 2.24) is 14.8 Å². The second-order valence-electron chi connectivity index (χ2n) is 5.88. The molecule has 0 fully saturated rings. The second-order valence-corrected chi connectivity index (χ2v) is 6.29. The van der Waals surface area contributed by atoms with E-state index in [1.807, 2.05) is 31.2 Å². The molecule has 1 heterocycles. The standard InChI is InChI=1S/C18H16F3N5S/c1-12-5-4-6-13(9-12)10-26-11-22-16(25-26)24-17(27)23-15-8-3-2-7-14(15)18(19,20)21/h2-9,11H,10H2,1H3,(H2,23,24,25,27). The zero-order valence-corrected chi connectivity index (χ0v) is 15.1. The van der Waals surface area contributed by atoms with E-state index in [0.717, 1.165) is 17.2 Å². The zero-order valence-electron chi connectivity index (χ0n) is 14.3. The van der Waals surface area contributed by atoms with Crippen molar-refractivity contribution >= 4 is 29.0 Å². The van der Waals surface area contributed by atoms with E-state index in [0.29, 0.717) is 6.54 Å². The Bertz CT molecular complexity index is 952. The van der Waals surface area contributed by atoms with Gasteiger partial charge in [0.2, 0.25) is 5.95 Å². The second kappa shape index (κ2) is 7.75. The highest BCUT2D eigenvalue weighted by atomic mass is 32.1. The van der Waals surface area contributed by atoms with Gasteiger partial charge in [0.15, 0.2) is 5.11 Å². The van der Waals surface area contributed by atoms with Gasteiger partial charge in [-0.1, -0.05) is 42.0 Å². The summed E-state index contributed by atoms with van der Waals surface area (Å²) in [5.41, 5.74) is 1.26. The lowest BCUT2D eigenvalue weighted by Gasteiger charge is -2.14. The number of hydrogen-bond donors (Lipinski definition) is 2. The number of nitrogens with one attached hydrogen (secondary N) is 2. The van der Waals surface area contributed by atoms with Gasteiger partial charge in [-0.25, -0.2) is 9.67 Å². The maximum Gasteiger partial charge on any atom is 0.418 e. The van der Waals surface area contributed by atoms with Gasteiger partial charge in [-0.2, -0.15) is 13.2 Å². The molecular formula is C18H16F3N5S. The normalized spacial score (nSPS) is 11.3. The maximum absolute atomic E-state index is 13.0. The molecule has 0 radical (unpaired) electrons. The van der Waals surface area contributed by atoms with E-state index in [2.05, 4.69) is 20.7 Å². The first-order chi connectivity index (χ1) is 12.8. The highest BCUT2D eigenvalue weighted by Gasteiger charge is 2.33. The summed E-state index contributed by atoms with van der Waals surface area (Å²) in [6, 6.07) is 13.1. The van der Waals surface area contributed by atoms with Gasteiger partial charge >= 0.3 is 6.18 Å². The Morgan fingerprint density at radius 2 is 1.89 bits per heavy atom. The minimum absolute atomic E-state index is 0.0278. The number of anilines is 2. The van der Waals surface area contributed by atoms with Crippen LogP contribution in [0, 0.1) is 6.92 Å². The lowest BCUT2D eigenvalue weighted by Crippen LogP contribution is -2.22. The maximum atomic E-state index is 13.0. The van der Waals surface area contributed by atoms with Crippen molar-refractivity contribution in [3.05, 3.63) is 71.5 Å². The summed E-state index contributed by atoms with van der Waals surface area (Å²) in [5.74, 6) is 0.199. The van der Waals surface area contributed by atoms with E-state index in [9.17, 15) is 13.2 Å². The summed E-state index contributed by atoms with van der Waals surface area (Å²) in [5, 5.41) is 9.44. The number of thiocarbonyl (C=S) groups is 1. The molecule has 0 saturated heterocycles. The molecule has 0 spiro atoms. The number of aryl methyl sites for hydroxylation is 1. The average Bonchev–Trinajstić information content (AvgIpc) is 3.01. The molecule has 1 aromatic heterocycles. The van der Waals surface area contributed by atoms with Crippen LogP contribution in [0.4, 0.5) is 24.8 Å². The molecule has 0 atom stereocenters. The Labute approximate surface area is 159 Å². The van der Waals surface area contributed by atoms with Crippen molar-refractivity contribution < 1.29 is 13.2 Å². The zero-order chi connectivity index (χ0) is 19.4. The number of para-hydroxylation sites is 1. The third-order valence-corrected chi connectivity index (χ3v) is 3.87. The first kappa shape index (κ1) is 18.8. The molecule has 9 heteroatoms. The Morgan fingerprint density at radius 1 is 1.11 bits per heavy atom. The van der Waals surface area contributed by atoms with E-state index in [1.54, 1.807) is 4.68 Å². The van der Waals surface area contributed by atoms with Crippen LogP contribution in [0.1, 0.15) is 16.7 Å². The van der Waals surface area contributed by atoms with E-state index < -0.39 is 11.7 Å². The fraction of sp³-hybridized carbons (Fsp3) is 0.167. The smallest absolute Gasteiger partial charge is 0.332 e. The third kappa shape index (κ3) is 5.04. The van der Waals surface area contributed by atoms with Crippen LogP contribution in [0.15, 0.2) is 54.9 Å². The van der Waals surface area contributed by atoms with Crippen molar-refractivity contribution in [3.63, 3.8) is 0 Å². The predicted molar refractivity (Wildman–Crippen MR) is 102 cm³/mol. The van der Waals surface area contributed by atoms with Crippen LogP contribution in [0.5, 0.6) is 0 Å². The van der Waals surface area contributed by atoms with E-state index in [4.69, 9.17) is 12.2 Å². The lowest BCUT2D eigenvalue weighted by molar-refractivity contribution is -0.136. The van der Waals surface area contributed by atoms with Crippen LogP contribution in [-0.2, 0) is 12.7 Å². The number of nitrogens with zero attached hydrogens (tertiary/aromatic N) is 3. The Hall–Kier alpha value is -2.94. The molecule has 0 bridgehead atoms. The number of halogens is 3. The van der Waals surface area contributed by atoms with Crippen LogP contribution in [-0.4, -0.2) is 19.9 Å². The number of aromatic nitrogens is 3. The predicted octanol–water partition coefficient (Wildman–Crippen LogP) is 4.46. The number of benzene rings is 2. The molecule has 5 nitrogen and oxygen atoms in total. The van der Waals surface area contributed by atoms with E-state index >= 15 is 0 Å². The monoisotopic (exact) mass is 391 g/mol. The van der Waals surface area contributed by atoms with Gasteiger partial charge in [0, 0.05) is 0 Å². The van der Waals surface area contributed by atoms with E-state index in [-0.39, 0.29) is 16.7 Å². The van der Waals surface area contributed by atoms with Crippen molar-refractivity contribution in [3.8, 4) is 0 Å². The molecule has 0 amide bonds. The summed E-state index contributed by atoms with van der Waals surface area (Å²) in [7, 11) is 0. The Kier molecular flexibility index (Phi) is 5.41.